The van der Waals surface area contributed by atoms with Crippen molar-refractivity contribution < 1.29 is 9.18 Å². The Morgan fingerprint density at radius 1 is 1.53 bits per heavy atom. The van der Waals surface area contributed by atoms with Crippen LogP contribution in [0.15, 0.2) is 22.7 Å². The maximum absolute atomic E-state index is 13.7. The van der Waals surface area contributed by atoms with Gasteiger partial charge < -0.3 is 0 Å². The molecule has 0 radical (unpaired) electrons. The zero-order valence-corrected chi connectivity index (χ0v) is 11.0. The van der Waals surface area contributed by atoms with Crippen molar-refractivity contribution in [3.63, 3.8) is 0 Å². The fraction of sp³-hybridized carbons (Fsp3) is 0.364. The molecule has 0 bridgehead atoms. The van der Waals surface area contributed by atoms with Crippen molar-refractivity contribution in [3.05, 3.63) is 28.5 Å². The third-order valence-electron chi connectivity index (χ3n) is 2.51. The van der Waals surface area contributed by atoms with Crippen LogP contribution in [0, 0.1) is 5.82 Å². The van der Waals surface area contributed by atoms with Gasteiger partial charge in [0.15, 0.2) is 0 Å². The monoisotopic (exact) mass is 301 g/mol. The highest BCUT2D eigenvalue weighted by Gasteiger charge is 2.29. The molecule has 1 aromatic carbocycles. The molecule has 0 atom stereocenters. The van der Waals surface area contributed by atoms with Crippen LogP contribution in [-0.2, 0) is 0 Å². The maximum atomic E-state index is 13.7. The number of carbonyl (C=O) groups excluding carboxylic acids is 1. The van der Waals surface area contributed by atoms with Gasteiger partial charge in [0.25, 0.3) is 0 Å². The highest BCUT2D eigenvalue weighted by Crippen LogP contribution is 2.25. The van der Waals surface area contributed by atoms with E-state index in [1.54, 1.807) is 17.1 Å². The lowest BCUT2D eigenvalue weighted by Gasteiger charge is -2.16. The number of amides is 2. The lowest BCUT2D eigenvalue weighted by atomic mass is 10.3. The summed E-state index contributed by atoms with van der Waals surface area (Å²) in [5, 5.41) is 1.77. The molecule has 1 fully saturated rings. The van der Waals surface area contributed by atoms with Crippen LogP contribution in [-0.4, -0.2) is 24.3 Å². The summed E-state index contributed by atoms with van der Waals surface area (Å²) in [7, 11) is 0. The normalized spacial score (nSPS) is 16.4. The van der Waals surface area contributed by atoms with Gasteiger partial charge in [0.2, 0.25) is 0 Å². The predicted octanol–water partition coefficient (Wildman–Crippen LogP) is 2.70. The summed E-state index contributed by atoms with van der Waals surface area (Å²) >= 11 is 3.19. The van der Waals surface area contributed by atoms with Crippen molar-refractivity contribution >= 4 is 27.6 Å². The first-order chi connectivity index (χ1) is 8.11. The molecular weight excluding hydrogens is 289 g/mol. The number of anilines is 1. The molecule has 1 aliphatic heterocycles. The van der Waals surface area contributed by atoms with Crippen LogP contribution in [0.25, 0.3) is 0 Å². The van der Waals surface area contributed by atoms with Gasteiger partial charge in [-0.3, -0.25) is 10.3 Å². The minimum absolute atomic E-state index is 0.292. The van der Waals surface area contributed by atoms with Gasteiger partial charge in [-0.15, -0.1) is 0 Å². The summed E-state index contributed by atoms with van der Waals surface area (Å²) in [5.41, 5.74) is 2.98. The smallest absolute Gasteiger partial charge is 0.275 e. The lowest BCUT2D eigenvalue weighted by molar-refractivity contribution is 0.223. The van der Waals surface area contributed by atoms with Gasteiger partial charge in [-0.05, 0) is 24.6 Å². The van der Waals surface area contributed by atoms with Crippen LogP contribution >= 0.6 is 15.9 Å². The van der Waals surface area contributed by atoms with Gasteiger partial charge in [0.1, 0.15) is 5.82 Å². The SMILES string of the molecule is CCCN1CN(c2ccc(Br)cc2F)C(=O)N1. The third-order valence-corrected chi connectivity index (χ3v) is 3.00. The molecule has 0 unspecified atom stereocenters. The number of hydrogen-bond acceptors (Lipinski definition) is 2. The highest BCUT2D eigenvalue weighted by molar-refractivity contribution is 9.10. The third kappa shape index (κ3) is 2.58. The Bertz CT molecular complexity index is 441. The summed E-state index contributed by atoms with van der Waals surface area (Å²) in [6.45, 7) is 3.14. The Balaban J connectivity index is 2.20. The predicted molar refractivity (Wildman–Crippen MR) is 67.0 cm³/mol. The van der Waals surface area contributed by atoms with Gasteiger partial charge in [-0.25, -0.2) is 9.18 Å². The first-order valence-corrected chi connectivity index (χ1v) is 6.19. The summed E-state index contributed by atoms with van der Waals surface area (Å²) in [4.78, 5) is 13.1. The van der Waals surface area contributed by atoms with E-state index in [9.17, 15) is 9.18 Å². The molecule has 1 N–H and O–H groups in total. The second kappa shape index (κ2) is 5.01. The maximum Gasteiger partial charge on any atom is 0.337 e. The van der Waals surface area contributed by atoms with Crippen molar-refractivity contribution in [2.75, 3.05) is 18.1 Å². The van der Waals surface area contributed by atoms with Crippen LogP contribution < -0.4 is 10.3 Å². The summed E-state index contributed by atoms with van der Waals surface area (Å²) in [5.74, 6) is -0.409. The van der Waals surface area contributed by atoms with Crippen LogP contribution in [0.3, 0.4) is 0 Å². The van der Waals surface area contributed by atoms with Crippen molar-refractivity contribution in [1.82, 2.24) is 10.4 Å². The van der Waals surface area contributed by atoms with Crippen LogP contribution in [0.5, 0.6) is 0 Å². The van der Waals surface area contributed by atoms with Crippen molar-refractivity contribution in [1.29, 1.82) is 0 Å². The van der Waals surface area contributed by atoms with Gasteiger partial charge >= 0.3 is 6.03 Å². The number of nitrogens with one attached hydrogen (secondary N) is 1. The fourth-order valence-electron chi connectivity index (χ4n) is 1.75. The second-order valence-corrected chi connectivity index (χ2v) is 4.76. The van der Waals surface area contributed by atoms with Crippen LogP contribution in [0.4, 0.5) is 14.9 Å². The van der Waals surface area contributed by atoms with Gasteiger partial charge in [-0.2, -0.15) is 5.01 Å². The first kappa shape index (κ1) is 12.3. The summed E-state index contributed by atoms with van der Waals surface area (Å²) < 4.78 is 14.4. The molecule has 0 spiro atoms. The molecule has 1 aliphatic rings. The number of urea groups is 1. The quantitative estimate of drug-likeness (QED) is 0.932. The van der Waals surface area contributed by atoms with E-state index in [4.69, 9.17) is 0 Å². The molecule has 17 heavy (non-hydrogen) atoms. The molecule has 0 aromatic heterocycles. The Morgan fingerprint density at radius 2 is 2.29 bits per heavy atom. The Hall–Kier alpha value is -1.14. The van der Waals surface area contributed by atoms with E-state index in [0.29, 0.717) is 16.8 Å². The summed E-state index contributed by atoms with van der Waals surface area (Å²) in [6.07, 6.45) is 0.928. The molecule has 6 heteroatoms. The molecule has 1 saturated heterocycles. The minimum atomic E-state index is -0.409. The zero-order valence-electron chi connectivity index (χ0n) is 9.41. The number of rotatable bonds is 3. The Labute approximate surface area is 107 Å². The second-order valence-electron chi connectivity index (χ2n) is 3.85. The fourth-order valence-corrected chi connectivity index (χ4v) is 2.08. The van der Waals surface area contributed by atoms with E-state index in [1.807, 2.05) is 6.92 Å². The van der Waals surface area contributed by atoms with E-state index < -0.39 is 5.82 Å². The van der Waals surface area contributed by atoms with E-state index in [0.717, 1.165) is 13.0 Å². The molecule has 1 aromatic rings. The molecule has 2 amide bonds. The molecule has 2 rings (SSSR count). The van der Waals surface area contributed by atoms with Crippen LogP contribution in [0.2, 0.25) is 0 Å². The number of halogens is 2. The molecule has 0 saturated carbocycles. The highest BCUT2D eigenvalue weighted by atomic mass is 79.9. The molecule has 4 nitrogen and oxygen atoms in total. The topological polar surface area (TPSA) is 35.6 Å². The van der Waals surface area contributed by atoms with Gasteiger partial charge in [-0.1, -0.05) is 22.9 Å². The van der Waals surface area contributed by atoms with E-state index in [-0.39, 0.29) is 6.03 Å². The standard InChI is InChI=1S/C11H13BrFN3O/c1-2-5-15-7-16(11(17)14-15)10-4-3-8(12)6-9(10)13/h3-4,6H,2,5,7H2,1H3,(H,14,17). The van der Waals surface area contributed by atoms with E-state index in [2.05, 4.69) is 21.4 Å². The molecule has 0 aliphatic carbocycles. The molecule has 92 valence electrons. The lowest BCUT2D eigenvalue weighted by Crippen LogP contribution is -2.33. The Morgan fingerprint density at radius 3 is 2.94 bits per heavy atom. The molecule has 1 heterocycles. The van der Waals surface area contributed by atoms with E-state index >= 15 is 0 Å². The number of benzene rings is 1. The average Bonchev–Trinajstić information content (AvgIpc) is 2.60. The van der Waals surface area contributed by atoms with Crippen molar-refractivity contribution in [3.8, 4) is 0 Å². The number of carbonyl (C=O) groups is 1. The summed E-state index contributed by atoms with van der Waals surface area (Å²) in [6, 6.07) is 4.37. The zero-order chi connectivity index (χ0) is 12.4. The van der Waals surface area contributed by atoms with Gasteiger partial charge in [0.05, 0.1) is 12.4 Å². The number of nitrogens with zero attached hydrogens (tertiary/aromatic N) is 2. The molecular formula is C11H13BrFN3O. The average molecular weight is 302 g/mol. The van der Waals surface area contributed by atoms with Gasteiger partial charge in [0, 0.05) is 11.0 Å². The van der Waals surface area contributed by atoms with Crippen molar-refractivity contribution in [2.24, 2.45) is 0 Å². The van der Waals surface area contributed by atoms with Crippen molar-refractivity contribution in [2.45, 2.75) is 13.3 Å². The first-order valence-electron chi connectivity index (χ1n) is 5.40. The van der Waals surface area contributed by atoms with E-state index in [1.165, 1.54) is 11.0 Å². The number of hydrazine groups is 1. The Kier molecular flexibility index (Phi) is 3.63. The largest absolute Gasteiger partial charge is 0.337 e. The number of hydrogen-bond donors (Lipinski definition) is 1. The minimum Gasteiger partial charge on any atom is -0.275 e. The van der Waals surface area contributed by atoms with Crippen LogP contribution in [0.1, 0.15) is 13.3 Å².